The standard InChI is InChI=1S/C21H24ClNO6/c1-5-27-15-6-8-16(9-7-15)28-12-20(24)29-14(3)21(25)23-18-10-13(2)17(22)11-19(18)26-4/h6-11,14H,5,12H2,1-4H3,(H,23,25)/t14-/m0/s1. The third-order valence-corrected chi connectivity index (χ3v) is 4.31. The second-order valence-corrected chi connectivity index (χ2v) is 6.52. The number of carbonyl (C=O) groups excluding carboxylic acids is 2. The number of anilines is 1. The molecule has 156 valence electrons. The molecule has 2 rings (SSSR count). The highest BCUT2D eigenvalue weighted by Crippen LogP contribution is 2.31. The average molecular weight is 422 g/mol. The van der Waals surface area contributed by atoms with Crippen molar-refractivity contribution >= 4 is 29.2 Å². The molecular formula is C21H24ClNO6. The van der Waals surface area contributed by atoms with Gasteiger partial charge in [0.15, 0.2) is 12.7 Å². The van der Waals surface area contributed by atoms with Crippen LogP contribution in [0, 0.1) is 6.92 Å². The molecule has 0 saturated heterocycles. The number of hydrogen-bond acceptors (Lipinski definition) is 6. The van der Waals surface area contributed by atoms with Gasteiger partial charge in [-0.2, -0.15) is 0 Å². The summed E-state index contributed by atoms with van der Waals surface area (Å²) in [6.07, 6.45) is -1.02. The Bertz CT molecular complexity index is 853. The summed E-state index contributed by atoms with van der Waals surface area (Å²) in [5, 5.41) is 3.19. The van der Waals surface area contributed by atoms with E-state index in [1.165, 1.54) is 14.0 Å². The van der Waals surface area contributed by atoms with Gasteiger partial charge in [-0.3, -0.25) is 4.79 Å². The maximum absolute atomic E-state index is 12.4. The van der Waals surface area contributed by atoms with Crippen molar-refractivity contribution in [1.29, 1.82) is 0 Å². The Morgan fingerprint density at radius 1 is 1.10 bits per heavy atom. The van der Waals surface area contributed by atoms with E-state index in [-0.39, 0.29) is 6.61 Å². The summed E-state index contributed by atoms with van der Waals surface area (Å²) in [5.41, 5.74) is 1.21. The Balaban J connectivity index is 1.87. The van der Waals surface area contributed by atoms with Gasteiger partial charge in [0.25, 0.3) is 5.91 Å². The van der Waals surface area contributed by atoms with Crippen LogP contribution in [0.4, 0.5) is 5.69 Å². The van der Waals surface area contributed by atoms with Gasteiger partial charge in [-0.15, -0.1) is 0 Å². The smallest absolute Gasteiger partial charge is 0.344 e. The summed E-state index contributed by atoms with van der Waals surface area (Å²) >= 11 is 6.06. The minimum Gasteiger partial charge on any atom is -0.495 e. The van der Waals surface area contributed by atoms with E-state index in [4.69, 9.17) is 30.5 Å². The van der Waals surface area contributed by atoms with Gasteiger partial charge in [0.1, 0.15) is 17.2 Å². The summed E-state index contributed by atoms with van der Waals surface area (Å²) in [5.74, 6) is 0.441. The molecule has 0 heterocycles. The van der Waals surface area contributed by atoms with Gasteiger partial charge < -0.3 is 24.3 Å². The molecule has 1 atom stereocenters. The summed E-state index contributed by atoms with van der Waals surface area (Å²) in [4.78, 5) is 24.3. The molecule has 0 aliphatic rings. The van der Waals surface area contributed by atoms with E-state index >= 15 is 0 Å². The molecule has 0 radical (unpaired) electrons. The van der Waals surface area contributed by atoms with Crippen molar-refractivity contribution in [2.24, 2.45) is 0 Å². The number of methoxy groups -OCH3 is 1. The molecule has 8 heteroatoms. The minimum absolute atomic E-state index is 0.324. The zero-order chi connectivity index (χ0) is 21.4. The van der Waals surface area contributed by atoms with E-state index in [0.29, 0.717) is 34.6 Å². The Morgan fingerprint density at radius 2 is 1.72 bits per heavy atom. The van der Waals surface area contributed by atoms with Crippen molar-refractivity contribution in [2.75, 3.05) is 25.6 Å². The lowest BCUT2D eigenvalue weighted by molar-refractivity contribution is -0.155. The topological polar surface area (TPSA) is 83.1 Å². The molecule has 29 heavy (non-hydrogen) atoms. The number of amides is 1. The van der Waals surface area contributed by atoms with Gasteiger partial charge in [0.2, 0.25) is 0 Å². The van der Waals surface area contributed by atoms with Crippen molar-refractivity contribution in [2.45, 2.75) is 26.9 Å². The van der Waals surface area contributed by atoms with Gasteiger partial charge in [0.05, 0.1) is 19.4 Å². The molecule has 2 aromatic carbocycles. The lowest BCUT2D eigenvalue weighted by atomic mass is 10.2. The van der Waals surface area contributed by atoms with Crippen LogP contribution in [0.1, 0.15) is 19.4 Å². The largest absolute Gasteiger partial charge is 0.495 e. The fourth-order valence-corrected chi connectivity index (χ4v) is 2.54. The second-order valence-electron chi connectivity index (χ2n) is 6.12. The number of rotatable bonds is 9. The Kier molecular flexibility index (Phi) is 8.15. The van der Waals surface area contributed by atoms with Crippen molar-refractivity contribution in [1.82, 2.24) is 0 Å². The Morgan fingerprint density at radius 3 is 2.31 bits per heavy atom. The highest BCUT2D eigenvalue weighted by atomic mass is 35.5. The molecule has 0 spiro atoms. The van der Waals surface area contributed by atoms with E-state index < -0.39 is 18.0 Å². The predicted molar refractivity (Wildman–Crippen MR) is 110 cm³/mol. The van der Waals surface area contributed by atoms with Crippen molar-refractivity contribution in [3.05, 3.63) is 47.0 Å². The van der Waals surface area contributed by atoms with Crippen molar-refractivity contribution in [3.8, 4) is 17.2 Å². The molecule has 2 aromatic rings. The summed E-state index contributed by atoms with van der Waals surface area (Å²) in [6, 6.07) is 10.1. The van der Waals surface area contributed by atoms with E-state index in [1.54, 1.807) is 43.3 Å². The fraction of sp³-hybridized carbons (Fsp3) is 0.333. The van der Waals surface area contributed by atoms with E-state index in [2.05, 4.69) is 5.32 Å². The molecule has 7 nitrogen and oxygen atoms in total. The molecule has 0 fully saturated rings. The molecule has 0 saturated carbocycles. The summed E-state index contributed by atoms with van der Waals surface area (Å²) in [6.45, 7) is 5.41. The van der Waals surface area contributed by atoms with E-state index in [0.717, 1.165) is 5.56 Å². The van der Waals surface area contributed by atoms with Gasteiger partial charge in [-0.05, 0) is 56.7 Å². The first-order valence-corrected chi connectivity index (χ1v) is 9.42. The summed E-state index contributed by atoms with van der Waals surface area (Å²) in [7, 11) is 1.47. The van der Waals surface area contributed by atoms with Crippen molar-refractivity contribution < 1.29 is 28.5 Å². The molecular weight excluding hydrogens is 398 g/mol. The predicted octanol–water partition coefficient (Wildman–Crippen LogP) is 4.00. The fourth-order valence-electron chi connectivity index (χ4n) is 2.39. The molecule has 1 amide bonds. The third kappa shape index (κ3) is 6.57. The zero-order valence-corrected chi connectivity index (χ0v) is 17.5. The van der Waals surface area contributed by atoms with Crippen LogP contribution >= 0.6 is 11.6 Å². The number of nitrogens with one attached hydrogen (secondary N) is 1. The van der Waals surface area contributed by atoms with Crippen LogP contribution in [0.2, 0.25) is 5.02 Å². The Hall–Kier alpha value is -2.93. The van der Waals surface area contributed by atoms with Crippen LogP contribution in [0.5, 0.6) is 17.2 Å². The SMILES string of the molecule is CCOc1ccc(OCC(=O)O[C@@H](C)C(=O)Nc2cc(C)c(Cl)cc2OC)cc1. The first-order valence-electron chi connectivity index (χ1n) is 9.04. The number of esters is 1. The van der Waals surface area contributed by atoms with Gasteiger partial charge in [-0.25, -0.2) is 4.79 Å². The summed E-state index contributed by atoms with van der Waals surface area (Å²) < 4.78 is 21.1. The zero-order valence-electron chi connectivity index (χ0n) is 16.8. The maximum Gasteiger partial charge on any atom is 0.344 e. The van der Waals surface area contributed by atoms with Gasteiger partial charge >= 0.3 is 5.97 Å². The quantitative estimate of drug-likeness (QED) is 0.616. The second kappa shape index (κ2) is 10.6. The molecule has 0 aliphatic heterocycles. The number of ether oxygens (including phenoxy) is 4. The highest BCUT2D eigenvalue weighted by molar-refractivity contribution is 6.31. The van der Waals surface area contributed by atoms with Crippen LogP contribution in [0.25, 0.3) is 0 Å². The van der Waals surface area contributed by atoms with Crippen LogP contribution in [-0.2, 0) is 14.3 Å². The number of benzene rings is 2. The molecule has 1 N–H and O–H groups in total. The normalized spacial score (nSPS) is 11.3. The number of hydrogen-bond donors (Lipinski definition) is 1. The van der Waals surface area contributed by atoms with Crippen molar-refractivity contribution in [3.63, 3.8) is 0 Å². The monoisotopic (exact) mass is 421 g/mol. The average Bonchev–Trinajstić information content (AvgIpc) is 2.70. The Labute approximate surface area is 174 Å². The first-order chi connectivity index (χ1) is 13.8. The first kappa shape index (κ1) is 22.4. The van der Waals surface area contributed by atoms with Crippen LogP contribution < -0.4 is 19.5 Å². The lowest BCUT2D eigenvalue weighted by Crippen LogP contribution is -2.31. The molecule has 0 aliphatic carbocycles. The lowest BCUT2D eigenvalue weighted by Gasteiger charge is -2.16. The number of carbonyl (C=O) groups is 2. The van der Waals surface area contributed by atoms with Gasteiger partial charge in [-0.1, -0.05) is 11.6 Å². The van der Waals surface area contributed by atoms with Gasteiger partial charge in [0, 0.05) is 11.1 Å². The minimum atomic E-state index is -1.02. The van der Waals surface area contributed by atoms with Crippen LogP contribution in [-0.4, -0.2) is 38.3 Å². The van der Waals surface area contributed by atoms with E-state index in [9.17, 15) is 9.59 Å². The van der Waals surface area contributed by atoms with Crippen LogP contribution in [0.3, 0.4) is 0 Å². The number of halogens is 1. The molecule has 0 unspecified atom stereocenters. The highest BCUT2D eigenvalue weighted by Gasteiger charge is 2.20. The third-order valence-electron chi connectivity index (χ3n) is 3.91. The van der Waals surface area contributed by atoms with Crippen LogP contribution in [0.15, 0.2) is 36.4 Å². The molecule has 0 aromatic heterocycles. The maximum atomic E-state index is 12.4. The van der Waals surface area contributed by atoms with E-state index in [1.807, 2.05) is 6.92 Å². The number of aryl methyl sites for hydroxylation is 1. The molecule has 0 bridgehead atoms.